The third-order valence-corrected chi connectivity index (χ3v) is 8.81. The van der Waals surface area contributed by atoms with Gasteiger partial charge in [0, 0.05) is 28.8 Å². The van der Waals surface area contributed by atoms with Crippen LogP contribution in [0.1, 0.15) is 18.1 Å². The molecule has 1 fully saturated rings. The molecule has 0 aromatic heterocycles. The number of thioether (sulfide) groups is 2. The van der Waals surface area contributed by atoms with Crippen LogP contribution in [0.2, 0.25) is 5.02 Å². The Bertz CT molecular complexity index is 1290. The number of methoxy groups -OCH3 is 1. The standard InChI is InChI=1S/C26H24BrClN2O6S2/c1-14(31)36-26(37-3)19-13-38-24-20(29-22(27)16-6-8-17(28)9-7-16)23(32)30(24)21(19)25(33)35-12-15-4-10-18(34-2)11-5-15/h4-11,20,24,26H,12-13H2,1-3H3/t20-,24+,26?/m0/s1. The Balaban J connectivity index is 1.60. The molecule has 0 radical (unpaired) electrons. The number of β-lactam (4-membered cyclic amide) rings is 1. The average Bonchev–Trinajstić information content (AvgIpc) is 2.92. The number of fused-ring (bicyclic) bond motifs is 1. The van der Waals surface area contributed by atoms with E-state index < -0.39 is 28.8 Å². The molecule has 3 atom stereocenters. The number of benzene rings is 2. The van der Waals surface area contributed by atoms with Crippen LogP contribution in [0.3, 0.4) is 0 Å². The summed E-state index contributed by atoms with van der Waals surface area (Å²) in [4.78, 5) is 44.5. The number of amides is 1. The van der Waals surface area contributed by atoms with Gasteiger partial charge in [-0.05, 0) is 52.0 Å². The van der Waals surface area contributed by atoms with Crippen LogP contribution in [0, 0.1) is 0 Å². The number of nitrogens with zero attached hydrogens (tertiary/aromatic N) is 2. The van der Waals surface area contributed by atoms with Gasteiger partial charge in [-0.25, -0.2) is 4.79 Å². The maximum absolute atomic E-state index is 13.4. The Morgan fingerprint density at radius 1 is 1.21 bits per heavy atom. The van der Waals surface area contributed by atoms with Crippen LogP contribution in [-0.4, -0.2) is 63.3 Å². The van der Waals surface area contributed by atoms with Crippen molar-refractivity contribution in [1.82, 2.24) is 4.90 Å². The number of carbonyl (C=O) groups excluding carboxylic acids is 3. The van der Waals surface area contributed by atoms with Crippen molar-refractivity contribution in [2.24, 2.45) is 4.99 Å². The predicted molar refractivity (Wildman–Crippen MR) is 153 cm³/mol. The van der Waals surface area contributed by atoms with Crippen LogP contribution in [0.5, 0.6) is 5.75 Å². The molecule has 2 heterocycles. The average molecular weight is 640 g/mol. The van der Waals surface area contributed by atoms with Crippen LogP contribution in [0.4, 0.5) is 0 Å². The van der Waals surface area contributed by atoms with Gasteiger partial charge in [0.1, 0.15) is 28.0 Å². The van der Waals surface area contributed by atoms with E-state index in [-0.39, 0.29) is 18.2 Å². The highest BCUT2D eigenvalue weighted by molar-refractivity contribution is 9.18. The Morgan fingerprint density at radius 3 is 2.50 bits per heavy atom. The summed E-state index contributed by atoms with van der Waals surface area (Å²) in [6.45, 7) is 1.30. The van der Waals surface area contributed by atoms with Crippen molar-refractivity contribution in [3.8, 4) is 5.75 Å². The number of hydrogen-bond acceptors (Lipinski definition) is 9. The minimum Gasteiger partial charge on any atom is -0.497 e. The number of esters is 2. The van der Waals surface area contributed by atoms with Crippen molar-refractivity contribution in [2.75, 3.05) is 19.1 Å². The van der Waals surface area contributed by atoms with E-state index in [0.29, 0.717) is 26.7 Å². The Kier molecular flexibility index (Phi) is 9.45. The first-order chi connectivity index (χ1) is 18.2. The van der Waals surface area contributed by atoms with E-state index in [4.69, 9.17) is 25.8 Å². The van der Waals surface area contributed by atoms with E-state index in [1.807, 2.05) is 0 Å². The molecule has 2 aromatic rings. The predicted octanol–water partition coefficient (Wildman–Crippen LogP) is 5.02. The first-order valence-corrected chi connectivity index (χ1v) is 14.9. The summed E-state index contributed by atoms with van der Waals surface area (Å²) in [5.74, 6) is -0.446. The van der Waals surface area contributed by atoms with Crippen molar-refractivity contribution in [2.45, 2.75) is 30.4 Å². The van der Waals surface area contributed by atoms with Gasteiger partial charge >= 0.3 is 11.9 Å². The molecule has 2 aromatic carbocycles. The minimum atomic E-state index is -0.736. The molecule has 0 bridgehead atoms. The van der Waals surface area contributed by atoms with Crippen LogP contribution < -0.4 is 4.74 Å². The first kappa shape index (κ1) is 28.5. The fraction of sp³-hybridized carbons (Fsp3) is 0.308. The Labute approximate surface area is 242 Å². The lowest BCUT2D eigenvalue weighted by Crippen LogP contribution is -2.64. The molecule has 1 amide bonds. The molecule has 200 valence electrons. The monoisotopic (exact) mass is 638 g/mol. The van der Waals surface area contributed by atoms with Gasteiger partial charge in [0.25, 0.3) is 5.91 Å². The van der Waals surface area contributed by atoms with Crippen LogP contribution in [0.15, 0.2) is 64.8 Å². The van der Waals surface area contributed by atoms with Gasteiger partial charge in [-0.3, -0.25) is 19.5 Å². The molecular formula is C26H24BrClN2O6S2. The highest BCUT2D eigenvalue weighted by Crippen LogP contribution is 2.44. The van der Waals surface area contributed by atoms with Crippen molar-refractivity contribution >= 4 is 73.5 Å². The van der Waals surface area contributed by atoms with Crippen molar-refractivity contribution in [3.63, 3.8) is 0 Å². The van der Waals surface area contributed by atoms with Crippen LogP contribution in [-0.2, 0) is 30.5 Å². The molecule has 0 aliphatic carbocycles. The van der Waals surface area contributed by atoms with E-state index in [2.05, 4.69) is 20.9 Å². The molecule has 8 nitrogen and oxygen atoms in total. The highest BCUT2D eigenvalue weighted by atomic mass is 79.9. The maximum Gasteiger partial charge on any atom is 0.355 e. The normalized spacial score (nSPS) is 19.9. The molecule has 38 heavy (non-hydrogen) atoms. The van der Waals surface area contributed by atoms with E-state index in [1.165, 1.54) is 35.3 Å². The van der Waals surface area contributed by atoms with Crippen LogP contribution in [0.25, 0.3) is 0 Å². The first-order valence-electron chi connectivity index (χ1n) is 11.4. The zero-order valence-electron chi connectivity index (χ0n) is 20.7. The summed E-state index contributed by atoms with van der Waals surface area (Å²) in [5.41, 5.74) is 1.41. The summed E-state index contributed by atoms with van der Waals surface area (Å²) < 4.78 is 16.8. The number of carbonyl (C=O) groups is 3. The molecule has 1 saturated heterocycles. The SMILES string of the molecule is COc1ccc(COC(=O)C2=C(C(OC(C)=O)SC)CS[C@@H]3[C@@H](N=C(Br)c4ccc(Cl)cc4)C(=O)N23)cc1. The summed E-state index contributed by atoms with van der Waals surface area (Å²) in [6, 6.07) is 13.5. The van der Waals surface area contributed by atoms with E-state index >= 15 is 0 Å². The van der Waals surface area contributed by atoms with E-state index in [0.717, 1.165) is 11.1 Å². The molecule has 0 N–H and O–H groups in total. The summed E-state index contributed by atoms with van der Waals surface area (Å²) >= 11 is 12.2. The number of rotatable bonds is 9. The zero-order valence-corrected chi connectivity index (χ0v) is 24.7. The lowest BCUT2D eigenvalue weighted by Gasteiger charge is -2.48. The Morgan fingerprint density at radius 2 is 1.89 bits per heavy atom. The van der Waals surface area contributed by atoms with Gasteiger partial charge in [0.15, 0.2) is 11.5 Å². The molecule has 4 rings (SSSR count). The van der Waals surface area contributed by atoms with E-state index in [1.54, 1.807) is 61.9 Å². The molecule has 1 unspecified atom stereocenters. The van der Waals surface area contributed by atoms with Gasteiger partial charge < -0.3 is 14.2 Å². The summed E-state index contributed by atoms with van der Waals surface area (Å²) in [7, 11) is 1.57. The topological polar surface area (TPSA) is 94.5 Å². The largest absolute Gasteiger partial charge is 0.497 e. The third-order valence-electron chi connectivity index (χ3n) is 5.80. The van der Waals surface area contributed by atoms with E-state index in [9.17, 15) is 14.4 Å². The number of aliphatic imine (C=N–C) groups is 1. The maximum atomic E-state index is 13.4. The second-order valence-corrected chi connectivity index (χ2v) is 11.4. The number of halogens is 2. The van der Waals surface area contributed by atoms with Crippen molar-refractivity contribution in [1.29, 1.82) is 0 Å². The van der Waals surface area contributed by atoms with Gasteiger partial charge in [0.05, 0.1) is 7.11 Å². The van der Waals surface area contributed by atoms with Crippen molar-refractivity contribution < 1.29 is 28.6 Å². The highest BCUT2D eigenvalue weighted by Gasteiger charge is 2.55. The lowest BCUT2D eigenvalue weighted by molar-refractivity contribution is -0.151. The Hall–Kier alpha value is -2.47. The second kappa shape index (κ2) is 12.6. The molecule has 2 aliphatic heterocycles. The molecule has 0 saturated carbocycles. The number of ether oxygens (including phenoxy) is 3. The van der Waals surface area contributed by atoms with Gasteiger partial charge in [-0.2, -0.15) is 0 Å². The molecule has 2 aliphatic rings. The van der Waals surface area contributed by atoms with Crippen LogP contribution >= 0.6 is 51.1 Å². The fourth-order valence-corrected chi connectivity index (χ4v) is 6.70. The molecule has 12 heteroatoms. The van der Waals surface area contributed by atoms with Gasteiger partial charge in [0.2, 0.25) is 0 Å². The lowest BCUT2D eigenvalue weighted by atomic mass is 10.0. The summed E-state index contributed by atoms with van der Waals surface area (Å²) in [5, 5.41) is 0.184. The van der Waals surface area contributed by atoms with Gasteiger partial charge in [-0.1, -0.05) is 35.9 Å². The zero-order chi connectivity index (χ0) is 27.4. The fourth-order valence-electron chi connectivity index (χ4n) is 3.91. The number of hydrogen-bond donors (Lipinski definition) is 0. The molecule has 0 spiro atoms. The quantitative estimate of drug-likeness (QED) is 0.163. The molecular weight excluding hydrogens is 616 g/mol. The second-order valence-electron chi connectivity index (χ2n) is 8.26. The smallest absolute Gasteiger partial charge is 0.355 e. The van der Waals surface area contributed by atoms with Gasteiger partial charge in [-0.15, -0.1) is 23.5 Å². The minimum absolute atomic E-state index is 0.000639. The third kappa shape index (κ3) is 6.22. The van der Waals surface area contributed by atoms with Crippen molar-refractivity contribution in [3.05, 3.63) is 76.0 Å². The summed E-state index contributed by atoms with van der Waals surface area (Å²) in [6.07, 6.45) is 1.77.